The lowest BCUT2D eigenvalue weighted by atomic mass is 10.3. The molecule has 5 nitrogen and oxygen atoms in total. The molecule has 0 aliphatic carbocycles. The van der Waals surface area contributed by atoms with Crippen LogP contribution >= 0.6 is 11.3 Å². The van der Waals surface area contributed by atoms with Crippen LogP contribution in [0.1, 0.15) is 18.2 Å². The molecule has 0 aliphatic rings. The first kappa shape index (κ1) is 16.1. The minimum Gasteiger partial charge on any atom is -0.466 e. The summed E-state index contributed by atoms with van der Waals surface area (Å²) in [6.45, 7) is 3.89. The second-order valence-corrected chi connectivity index (χ2v) is 5.04. The van der Waals surface area contributed by atoms with Gasteiger partial charge in [-0.1, -0.05) is 6.07 Å². The highest BCUT2D eigenvalue weighted by Gasteiger charge is 2.05. The molecule has 0 amide bonds. The number of hydrogen-bond acceptors (Lipinski definition) is 6. The van der Waals surface area contributed by atoms with Crippen molar-refractivity contribution >= 4 is 17.3 Å². The second kappa shape index (κ2) is 9.91. The monoisotopic (exact) mass is 287 g/mol. The van der Waals surface area contributed by atoms with Gasteiger partial charge in [0.15, 0.2) is 0 Å². The molecule has 2 N–H and O–H groups in total. The van der Waals surface area contributed by atoms with Gasteiger partial charge in [0.1, 0.15) is 0 Å². The van der Waals surface area contributed by atoms with Crippen LogP contribution in [-0.2, 0) is 20.9 Å². The van der Waals surface area contributed by atoms with Gasteiger partial charge in [0.25, 0.3) is 0 Å². The summed E-state index contributed by atoms with van der Waals surface area (Å²) in [5.74, 6) is -0.224. The number of hydrogen-bond donors (Lipinski definition) is 2. The van der Waals surface area contributed by atoms with Crippen molar-refractivity contribution < 1.29 is 19.4 Å². The van der Waals surface area contributed by atoms with Gasteiger partial charge < -0.3 is 19.9 Å². The van der Waals surface area contributed by atoms with Crippen molar-refractivity contribution in [3.8, 4) is 0 Å². The fourth-order valence-corrected chi connectivity index (χ4v) is 2.08. The van der Waals surface area contributed by atoms with Crippen molar-refractivity contribution in [1.29, 1.82) is 0 Å². The van der Waals surface area contributed by atoms with Gasteiger partial charge in [0, 0.05) is 18.0 Å². The molecule has 6 heteroatoms. The second-order valence-electron chi connectivity index (χ2n) is 4.01. The average molecular weight is 287 g/mol. The lowest BCUT2D eigenvalue weighted by molar-refractivity contribution is -0.143. The van der Waals surface area contributed by atoms with Crippen LogP contribution in [0.5, 0.6) is 0 Å². The first-order chi connectivity index (χ1) is 9.22. The summed E-state index contributed by atoms with van der Waals surface area (Å²) in [6.07, 6.45) is -0.251. The number of carbonyl (C=O) groups excluding carboxylic acids is 1. The van der Waals surface area contributed by atoms with Crippen molar-refractivity contribution in [2.24, 2.45) is 0 Å². The Balaban J connectivity index is 1.96. The number of aliphatic hydroxyl groups excluding tert-OH is 1. The zero-order valence-corrected chi connectivity index (χ0v) is 11.9. The molecule has 0 fully saturated rings. The number of carbonyl (C=O) groups is 1. The Hall–Kier alpha value is -0.950. The fourth-order valence-electron chi connectivity index (χ4n) is 1.44. The molecule has 19 heavy (non-hydrogen) atoms. The van der Waals surface area contributed by atoms with Gasteiger partial charge in [-0.2, -0.15) is 0 Å². The minimum absolute atomic E-state index is 0.224. The van der Waals surface area contributed by atoms with Gasteiger partial charge in [-0.15, -0.1) is 11.3 Å². The number of thiophene rings is 1. The summed E-state index contributed by atoms with van der Waals surface area (Å²) in [6, 6.07) is 3.96. The molecular weight excluding hydrogens is 266 g/mol. The predicted octanol–water partition coefficient (Wildman–Crippen LogP) is 1.17. The SMILES string of the molecule is CCOC(=O)CCNCC(O)COCc1cccs1. The third kappa shape index (κ3) is 7.94. The lowest BCUT2D eigenvalue weighted by Gasteiger charge is -2.11. The summed E-state index contributed by atoms with van der Waals surface area (Å²) in [7, 11) is 0. The third-order valence-electron chi connectivity index (χ3n) is 2.33. The van der Waals surface area contributed by atoms with E-state index in [-0.39, 0.29) is 12.6 Å². The van der Waals surface area contributed by atoms with Gasteiger partial charge in [-0.3, -0.25) is 4.79 Å². The van der Waals surface area contributed by atoms with E-state index in [1.54, 1.807) is 18.3 Å². The van der Waals surface area contributed by atoms with E-state index in [2.05, 4.69) is 5.32 Å². The van der Waals surface area contributed by atoms with E-state index in [0.29, 0.717) is 32.7 Å². The summed E-state index contributed by atoms with van der Waals surface area (Å²) < 4.78 is 10.2. The highest BCUT2D eigenvalue weighted by atomic mass is 32.1. The Morgan fingerprint density at radius 2 is 2.42 bits per heavy atom. The van der Waals surface area contributed by atoms with Crippen LogP contribution < -0.4 is 5.32 Å². The van der Waals surface area contributed by atoms with E-state index in [0.717, 1.165) is 4.88 Å². The number of ether oxygens (including phenoxy) is 2. The Morgan fingerprint density at radius 3 is 3.11 bits per heavy atom. The van der Waals surface area contributed by atoms with Crippen LogP contribution in [-0.4, -0.2) is 43.5 Å². The van der Waals surface area contributed by atoms with E-state index in [1.165, 1.54) is 0 Å². The van der Waals surface area contributed by atoms with E-state index >= 15 is 0 Å². The van der Waals surface area contributed by atoms with Crippen LogP contribution in [0.25, 0.3) is 0 Å². The van der Waals surface area contributed by atoms with Crippen LogP contribution in [0.15, 0.2) is 17.5 Å². The van der Waals surface area contributed by atoms with E-state index in [1.807, 2.05) is 17.5 Å². The predicted molar refractivity (Wildman–Crippen MR) is 74.1 cm³/mol. The highest BCUT2D eigenvalue weighted by molar-refractivity contribution is 7.09. The maximum Gasteiger partial charge on any atom is 0.307 e. The molecule has 108 valence electrons. The van der Waals surface area contributed by atoms with Gasteiger partial charge in [-0.25, -0.2) is 0 Å². The summed E-state index contributed by atoms with van der Waals surface area (Å²) >= 11 is 1.63. The van der Waals surface area contributed by atoms with Crippen LogP contribution in [0.3, 0.4) is 0 Å². The molecule has 0 spiro atoms. The zero-order valence-electron chi connectivity index (χ0n) is 11.1. The molecule has 1 aromatic heterocycles. The van der Waals surface area contributed by atoms with Crippen molar-refractivity contribution in [3.63, 3.8) is 0 Å². The highest BCUT2D eigenvalue weighted by Crippen LogP contribution is 2.09. The Bertz CT molecular complexity index is 342. The summed E-state index contributed by atoms with van der Waals surface area (Å²) in [4.78, 5) is 12.2. The van der Waals surface area contributed by atoms with E-state index in [4.69, 9.17) is 9.47 Å². The number of rotatable bonds is 10. The van der Waals surface area contributed by atoms with Gasteiger partial charge in [-0.05, 0) is 18.4 Å². The number of esters is 1. The molecule has 1 rings (SSSR count). The zero-order chi connectivity index (χ0) is 13.9. The molecule has 0 aromatic carbocycles. The molecule has 1 atom stereocenters. The van der Waals surface area contributed by atoms with Crippen molar-refractivity contribution in [2.45, 2.75) is 26.1 Å². The Kier molecular flexibility index (Phi) is 8.40. The van der Waals surface area contributed by atoms with Gasteiger partial charge >= 0.3 is 5.97 Å². The molecule has 0 saturated carbocycles. The fraction of sp³-hybridized carbons (Fsp3) is 0.615. The van der Waals surface area contributed by atoms with E-state index in [9.17, 15) is 9.90 Å². The van der Waals surface area contributed by atoms with Crippen molar-refractivity contribution in [3.05, 3.63) is 22.4 Å². The largest absolute Gasteiger partial charge is 0.466 e. The van der Waals surface area contributed by atoms with Crippen molar-refractivity contribution in [1.82, 2.24) is 5.32 Å². The minimum atomic E-state index is -0.567. The van der Waals surface area contributed by atoms with E-state index < -0.39 is 6.10 Å². The maximum absolute atomic E-state index is 11.0. The standard InChI is InChI=1S/C13H21NO4S/c1-2-18-13(16)5-6-14-8-11(15)9-17-10-12-4-3-7-19-12/h3-4,7,11,14-15H,2,5-6,8-10H2,1H3. The first-order valence-corrected chi connectivity index (χ1v) is 7.25. The number of aliphatic hydroxyl groups is 1. The maximum atomic E-state index is 11.0. The third-order valence-corrected chi connectivity index (χ3v) is 3.18. The molecule has 1 heterocycles. The van der Waals surface area contributed by atoms with Crippen LogP contribution in [0.4, 0.5) is 0 Å². The average Bonchev–Trinajstić information content (AvgIpc) is 2.88. The molecule has 1 unspecified atom stereocenters. The molecule has 0 radical (unpaired) electrons. The van der Waals surface area contributed by atoms with Crippen LogP contribution in [0, 0.1) is 0 Å². The van der Waals surface area contributed by atoms with Gasteiger partial charge in [0.2, 0.25) is 0 Å². The molecule has 1 aromatic rings. The summed E-state index contributed by atoms with van der Waals surface area (Å²) in [5.41, 5.74) is 0. The normalized spacial score (nSPS) is 12.3. The lowest BCUT2D eigenvalue weighted by Crippen LogP contribution is -2.31. The smallest absolute Gasteiger partial charge is 0.307 e. The van der Waals surface area contributed by atoms with Gasteiger partial charge in [0.05, 0.1) is 32.3 Å². The quantitative estimate of drug-likeness (QED) is 0.499. The summed E-state index contributed by atoms with van der Waals surface area (Å²) in [5, 5.41) is 14.6. The molecular formula is C13H21NO4S. The first-order valence-electron chi connectivity index (χ1n) is 6.37. The van der Waals surface area contributed by atoms with Crippen LogP contribution in [0.2, 0.25) is 0 Å². The topological polar surface area (TPSA) is 67.8 Å². The van der Waals surface area contributed by atoms with Crippen molar-refractivity contribution in [2.75, 3.05) is 26.3 Å². The molecule has 0 saturated heterocycles. The molecule has 0 bridgehead atoms. The molecule has 0 aliphatic heterocycles. The Morgan fingerprint density at radius 1 is 1.58 bits per heavy atom. The number of nitrogens with one attached hydrogen (secondary N) is 1. The Labute approximate surface area is 117 Å².